The molecule has 2 N–H and O–H groups in total. The highest BCUT2D eigenvalue weighted by atomic mass is 16.5. The Morgan fingerprint density at radius 1 is 0.950 bits per heavy atom. The van der Waals surface area contributed by atoms with Gasteiger partial charge in [0.05, 0.1) is 63.6 Å². The molecule has 4 rings (SSSR count). The lowest BCUT2D eigenvalue weighted by atomic mass is 9.85. The van der Waals surface area contributed by atoms with E-state index in [2.05, 4.69) is 52.7 Å². The summed E-state index contributed by atoms with van der Waals surface area (Å²) in [7, 11) is 3.41. The van der Waals surface area contributed by atoms with Crippen LogP contribution in [-0.2, 0) is 36.9 Å². The number of aliphatic hydroxyl groups is 1. The number of aliphatic hydroxyl groups excluding tert-OH is 1. The molecule has 4 atom stereocenters. The molecule has 0 bridgehead atoms. The third kappa shape index (κ3) is 8.88. The summed E-state index contributed by atoms with van der Waals surface area (Å²) in [6.07, 6.45) is 0.225. The summed E-state index contributed by atoms with van der Waals surface area (Å²) >= 11 is 0. The van der Waals surface area contributed by atoms with E-state index in [4.69, 9.17) is 28.4 Å². The lowest BCUT2D eigenvalue weighted by molar-refractivity contribution is -0.0752. The van der Waals surface area contributed by atoms with Crippen molar-refractivity contribution in [3.63, 3.8) is 0 Å². The second kappa shape index (κ2) is 16.3. The summed E-state index contributed by atoms with van der Waals surface area (Å²) < 4.78 is 34.7. The summed E-state index contributed by atoms with van der Waals surface area (Å²) in [6.45, 7) is 8.85. The highest BCUT2D eigenvalue weighted by molar-refractivity contribution is 5.61. The number of nitrogens with one attached hydrogen (secondary N) is 1. The molecule has 222 valence electrons. The predicted molar refractivity (Wildman–Crippen MR) is 154 cm³/mol. The molecule has 0 saturated carbocycles. The van der Waals surface area contributed by atoms with Crippen LogP contribution >= 0.6 is 0 Å². The van der Waals surface area contributed by atoms with Crippen LogP contribution in [0.5, 0.6) is 5.75 Å². The zero-order valence-corrected chi connectivity index (χ0v) is 24.2. The smallest absolute Gasteiger partial charge is 0.142 e. The monoisotopic (exact) mass is 558 g/mol. The van der Waals surface area contributed by atoms with Gasteiger partial charge in [-0.2, -0.15) is 0 Å². The molecule has 0 radical (unpaired) electrons. The molecule has 0 spiro atoms. The van der Waals surface area contributed by atoms with Gasteiger partial charge in [-0.15, -0.1) is 0 Å². The molecule has 0 amide bonds. The van der Waals surface area contributed by atoms with Crippen LogP contribution < -0.4 is 15.0 Å². The maximum Gasteiger partial charge on any atom is 0.142 e. The molecule has 2 aromatic carbocycles. The van der Waals surface area contributed by atoms with Crippen LogP contribution in [0.15, 0.2) is 42.5 Å². The topological polar surface area (TPSA) is 90.9 Å². The van der Waals surface area contributed by atoms with Crippen LogP contribution in [0.3, 0.4) is 0 Å². The molecule has 40 heavy (non-hydrogen) atoms. The Kier molecular flexibility index (Phi) is 12.5. The molecule has 2 aliphatic heterocycles. The fourth-order valence-corrected chi connectivity index (χ4v) is 5.29. The van der Waals surface area contributed by atoms with E-state index in [1.807, 2.05) is 0 Å². The van der Waals surface area contributed by atoms with E-state index >= 15 is 0 Å². The number of hydrogen-bond donors (Lipinski definition) is 2. The summed E-state index contributed by atoms with van der Waals surface area (Å²) in [5.41, 5.74) is 4.49. The summed E-state index contributed by atoms with van der Waals surface area (Å²) in [5.74, 6) is 0.942. The van der Waals surface area contributed by atoms with Gasteiger partial charge in [-0.25, -0.2) is 0 Å². The second-order valence-electron chi connectivity index (χ2n) is 10.5. The second-order valence-corrected chi connectivity index (χ2v) is 10.5. The van der Waals surface area contributed by atoms with Crippen molar-refractivity contribution < 1.29 is 33.5 Å². The van der Waals surface area contributed by atoms with Crippen LogP contribution in [0.1, 0.15) is 36.0 Å². The number of piperidine rings is 1. The molecule has 9 nitrogen and oxygen atoms in total. The van der Waals surface area contributed by atoms with Crippen LogP contribution in [-0.4, -0.2) is 96.9 Å². The van der Waals surface area contributed by atoms with Crippen molar-refractivity contribution in [2.75, 3.05) is 78.3 Å². The van der Waals surface area contributed by atoms with Crippen molar-refractivity contribution in [3.8, 4) is 5.75 Å². The molecule has 1 fully saturated rings. The van der Waals surface area contributed by atoms with E-state index in [1.54, 1.807) is 21.1 Å². The Bertz CT molecular complexity index is 1000. The first-order chi connectivity index (χ1) is 19.6. The van der Waals surface area contributed by atoms with Gasteiger partial charge in [-0.1, -0.05) is 30.3 Å². The summed E-state index contributed by atoms with van der Waals surface area (Å²) in [4.78, 5) is 2.37. The van der Waals surface area contributed by atoms with E-state index in [1.165, 1.54) is 0 Å². The Morgan fingerprint density at radius 2 is 1.70 bits per heavy atom. The van der Waals surface area contributed by atoms with Crippen LogP contribution in [0, 0.1) is 0 Å². The van der Waals surface area contributed by atoms with Crippen molar-refractivity contribution >= 4 is 5.69 Å². The molecule has 9 heteroatoms. The Balaban J connectivity index is 1.45. The summed E-state index contributed by atoms with van der Waals surface area (Å²) in [5, 5.41) is 13.4. The quantitative estimate of drug-likeness (QED) is 0.302. The number of ether oxygens (including phenoxy) is 6. The number of nitrogens with zero attached hydrogens (tertiary/aromatic N) is 1. The van der Waals surface area contributed by atoms with Gasteiger partial charge in [0.15, 0.2) is 0 Å². The van der Waals surface area contributed by atoms with E-state index in [9.17, 15) is 5.11 Å². The van der Waals surface area contributed by atoms with E-state index in [-0.39, 0.29) is 24.7 Å². The van der Waals surface area contributed by atoms with Crippen LogP contribution in [0.25, 0.3) is 0 Å². The molecular formula is C31H46N2O7. The highest BCUT2D eigenvalue weighted by Crippen LogP contribution is 2.34. The van der Waals surface area contributed by atoms with Gasteiger partial charge in [-0.05, 0) is 42.2 Å². The van der Waals surface area contributed by atoms with Gasteiger partial charge in [0.25, 0.3) is 0 Å². The van der Waals surface area contributed by atoms with Crippen molar-refractivity contribution in [1.29, 1.82) is 0 Å². The van der Waals surface area contributed by atoms with Crippen LogP contribution in [0.2, 0.25) is 0 Å². The molecule has 0 aromatic heterocycles. The predicted octanol–water partition coefficient (Wildman–Crippen LogP) is 3.12. The molecule has 2 aliphatic rings. The number of rotatable bonds is 16. The first-order valence-electron chi connectivity index (χ1n) is 14.4. The van der Waals surface area contributed by atoms with E-state index in [0.717, 1.165) is 60.8 Å². The molecular weight excluding hydrogens is 512 g/mol. The highest BCUT2D eigenvalue weighted by Gasteiger charge is 2.36. The zero-order valence-electron chi connectivity index (χ0n) is 24.2. The third-order valence-corrected chi connectivity index (χ3v) is 7.33. The van der Waals surface area contributed by atoms with Crippen molar-refractivity contribution in [2.24, 2.45) is 0 Å². The molecule has 0 aliphatic carbocycles. The lowest BCUT2D eigenvalue weighted by Crippen LogP contribution is -2.51. The minimum absolute atomic E-state index is 0.0231. The molecule has 2 aromatic rings. The number of hydrogen-bond acceptors (Lipinski definition) is 9. The van der Waals surface area contributed by atoms with Gasteiger partial charge < -0.3 is 43.7 Å². The van der Waals surface area contributed by atoms with E-state index in [0.29, 0.717) is 39.6 Å². The Hall–Kier alpha value is -2.24. The SMILES string of the molecule is COCCCN1CCOc2ccc(CO[C@H]3CNC[C@@H](OCC(C)O)[C@@H]3c3ccc(COCCOC)cc3)cc21. The average molecular weight is 559 g/mol. The lowest BCUT2D eigenvalue weighted by Gasteiger charge is -2.39. The van der Waals surface area contributed by atoms with Crippen molar-refractivity contribution in [3.05, 3.63) is 59.2 Å². The molecule has 1 unspecified atom stereocenters. The fraction of sp³-hybridized carbons (Fsp3) is 0.613. The minimum atomic E-state index is -0.530. The van der Waals surface area contributed by atoms with Gasteiger partial charge in [-0.3, -0.25) is 0 Å². The van der Waals surface area contributed by atoms with Gasteiger partial charge in [0.1, 0.15) is 12.4 Å². The standard InChI is InChI=1S/C31H46N2O7/c1-23(34)20-39-29-18-32-19-30(31(29)26-8-5-24(6-9-26)21-37-16-15-36-3)40-22-25-7-10-28-27(17-25)33(12-14-38-28)11-4-13-35-2/h5-10,17,23,29-32,34H,4,11-16,18-22H2,1-3H3/t23?,29-,30+,31+/m1/s1. The number of anilines is 1. The molecule has 1 saturated heterocycles. The first kappa shape index (κ1) is 30.7. The van der Waals surface area contributed by atoms with E-state index < -0.39 is 6.10 Å². The maximum absolute atomic E-state index is 9.88. The first-order valence-corrected chi connectivity index (χ1v) is 14.4. The number of benzene rings is 2. The minimum Gasteiger partial charge on any atom is -0.490 e. The van der Waals surface area contributed by atoms with Crippen molar-refractivity contribution in [1.82, 2.24) is 5.32 Å². The normalized spacial score (nSPS) is 21.6. The largest absolute Gasteiger partial charge is 0.490 e. The number of methoxy groups -OCH3 is 2. The Morgan fingerprint density at radius 3 is 2.45 bits per heavy atom. The number of fused-ring (bicyclic) bond motifs is 1. The van der Waals surface area contributed by atoms with Crippen LogP contribution in [0.4, 0.5) is 5.69 Å². The fourth-order valence-electron chi connectivity index (χ4n) is 5.29. The van der Waals surface area contributed by atoms with Crippen molar-refractivity contribution in [2.45, 2.75) is 50.8 Å². The Labute approximate surface area is 238 Å². The average Bonchev–Trinajstić information content (AvgIpc) is 2.98. The third-order valence-electron chi connectivity index (χ3n) is 7.33. The zero-order chi connectivity index (χ0) is 28.2. The van der Waals surface area contributed by atoms with Gasteiger partial charge in [0, 0.05) is 46.4 Å². The molecule has 2 heterocycles. The van der Waals surface area contributed by atoms with Gasteiger partial charge >= 0.3 is 0 Å². The summed E-state index contributed by atoms with van der Waals surface area (Å²) in [6, 6.07) is 14.8. The maximum atomic E-state index is 9.88. The van der Waals surface area contributed by atoms with Gasteiger partial charge in [0.2, 0.25) is 0 Å².